The number of carbonyl (C=O) groups is 1. The lowest BCUT2D eigenvalue weighted by molar-refractivity contribution is -0.385. The van der Waals surface area contributed by atoms with E-state index in [-0.39, 0.29) is 17.0 Å². The predicted octanol–water partition coefficient (Wildman–Crippen LogP) is 3.74. The number of hydrogen-bond donors (Lipinski definition) is 1. The van der Waals surface area contributed by atoms with Gasteiger partial charge in [-0.05, 0) is 36.4 Å². The summed E-state index contributed by atoms with van der Waals surface area (Å²) in [5.74, 6) is -0.336. The van der Waals surface area contributed by atoms with Crippen LogP contribution in [0.4, 0.5) is 11.4 Å². The average molecular weight is 384 g/mol. The van der Waals surface area contributed by atoms with Crippen molar-refractivity contribution in [3.8, 4) is 5.75 Å². The minimum absolute atomic E-state index is 0.104. The first-order valence-corrected chi connectivity index (χ1v) is 8.68. The quantitative estimate of drug-likeness (QED) is 0.513. The number of nitrogens with zero attached hydrogens (tertiary/aromatic N) is 3. The number of methoxy groups -OCH3 is 1. The third-order valence-corrected chi connectivity index (χ3v) is 4.82. The SMILES string of the molecule is COc1ccc(C(=O)Nc2ccc(Sc3nccn3C)cc2)cc1[N+](=O)[O-]. The maximum Gasteiger partial charge on any atom is 0.311 e. The van der Waals surface area contributed by atoms with Gasteiger partial charge in [0.1, 0.15) is 0 Å². The van der Waals surface area contributed by atoms with E-state index in [0.717, 1.165) is 10.1 Å². The summed E-state index contributed by atoms with van der Waals surface area (Å²) in [5, 5.41) is 14.7. The van der Waals surface area contributed by atoms with Crippen LogP contribution < -0.4 is 10.1 Å². The summed E-state index contributed by atoms with van der Waals surface area (Å²) in [7, 11) is 3.25. The van der Waals surface area contributed by atoms with Gasteiger partial charge in [0.15, 0.2) is 10.9 Å². The van der Waals surface area contributed by atoms with Crippen molar-refractivity contribution < 1.29 is 14.5 Å². The molecule has 0 spiro atoms. The molecule has 3 aromatic rings. The van der Waals surface area contributed by atoms with Crippen LogP contribution in [0.15, 0.2) is 64.9 Å². The number of aromatic nitrogens is 2. The fraction of sp³-hybridized carbons (Fsp3) is 0.111. The van der Waals surface area contributed by atoms with Crippen LogP contribution in [0.25, 0.3) is 0 Å². The van der Waals surface area contributed by atoms with Crippen molar-refractivity contribution in [2.75, 3.05) is 12.4 Å². The Kier molecular flexibility index (Phi) is 5.41. The van der Waals surface area contributed by atoms with Crippen molar-refractivity contribution >= 4 is 29.0 Å². The van der Waals surface area contributed by atoms with Crippen LogP contribution in [0, 0.1) is 10.1 Å². The number of ether oxygens (including phenoxy) is 1. The molecule has 2 aromatic carbocycles. The first-order valence-electron chi connectivity index (χ1n) is 7.87. The second-order valence-corrected chi connectivity index (χ2v) is 6.59. The molecule has 0 saturated carbocycles. The van der Waals surface area contributed by atoms with Crippen LogP contribution in [0.5, 0.6) is 5.75 Å². The smallest absolute Gasteiger partial charge is 0.311 e. The van der Waals surface area contributed by atoms with Gasteiger partial charge in [-0.2, -0.15) is 0 Å². The number of imidazole rings is 1. The van der Waals surface area contributed by atoms with Gasteiger partial charge in [-0.25, -0.2) is 4.98 Å². The molecule has 3 rings (SSSR count). The third kappa shape index (κ3) is 4.26. The highest BCUT2D eigenvalue weighted by atomic mass is 32.2. The Labute approximate surface area is 159 Å². The summed E-state index contributed by atoms with van der Waals surface area (Å²) in [6, 6.07) is 11.3. The Balaban J connectivity index is 1.72. The Morgan fingerprint density at radius 3 is 2.59 bits per heavy atom. The van der Waals surface area contributed by atoms with Crippen LogP contribution in [0.1, 0.15) is 10.4 Å². The molecule has 0 saturated heterocycles. The lowest BCUT2D eigenvalue weighted by Gasteiger charge is -2.08. The minimum Gasteiger partial charge on any atom is -0.490 e. The summed E-state index contributed by atoms with van der Waals surface area (Å²) in [6.45, 7) is 0. The van der Waals surface area contributed by atoms with Gasteiger partial charge in [0.2, 0.25) is 0 Å². The number of amides is 1. The van der Waals surface area contributed by atoms with E-state index < -0.39 is 10.8 Å². The lowest BCUT2D eigenvalue weighted by atomic mass is 10.1. The van der Waals surface area contributed by atoms with Crippen LogP contribution in [-0.4, -0.2) is 27.5 Å². The number of carbonyl (C=O) groups excluding carboxylic acids is 1. The number of aryl methyl sites for hydroxylation is 1. The molecule has 9 heteroatoms. The van der Waals surface area contributed by atoms with E-state index in [1.54, 1.807) is 18.3 Å². The summed E-state index contributed by atoms with van der Waals surface area (Å²) >= 11 is 1.50. The molecule has 27 heavy (non-hydrogen) atoms. The third-order valence-electron chi connectivity index (χ3n) is 3.74. The van der Waals surface area contributed by atoms with Gasteiger partial charge >= 0.3 is 5.69 Å². The zero-order valence-electron chi connectivity index (χ0n) is 14.6. The highest BCUT2D eigenvalue weighted by molar-refractivity contribution is 7.99. The molecular formula is C18H16N4O4S. The van der Waals surface area contributed by atoms with Crippen LogP contribution in [0.3, 0.4) is 0 Å². The van der Waals surface area contributed by atoms with E-state index in [1.165, 1.54) is 37.1 Å². The molecule has 1 amide bonds. The molecule has 8 nitrogen and oxygen atoms in total. The summed E-state index contributed by atoms with van der Waals surface area (Å²) in [6.07, 6.45) is 3.59. The Bertz CT molecular complexity index is 985. The number of hydrogen-bond acceptors (Lipinski definition) is 6. The molecule has 0 aliphatic carbocycles. The Morgan fingerprint density at radius 1 is 1.26 bits per heavy atom. The van der Waals surface area contributed by atoms with Crippen LogP contribution in [0.2, 0.25) is 0 Å². The van der Waals surface area contributed by atoms with Crippen molar-refractivity contribution in [1.82, 2.24) is 9.55 Å². The minimum atomic E-state index is -0.584. The van der Waals surface area contributed by atoms with Crippen molar-refractivity contribution in [2.45, 2.75) is 10.1 Å². The zero-order chi connectivity index (χ0) is 19.4. The van der Waals surface area contributed by atoms with Gasteiger partial charge in [-0.15, -0.1) is 0 Å². The number of nitro benzene ring substituents is 1. The van der Waals surface area contributed by atoms with E-state index in [1.807, 2.05) is 29.9 Å². The Hall–Kier alpha value is -3.33. The average Bonchev–Trinajstić information content (AvgIpc) is 3.07. The molecule has 1 heterocycles. The molecule has 0 bridgehead atoms. The first kappa shape index (κ1) is 18.5. The maximum atomic E-state index is 12.4. The van der Waals surface area contributed by atoms with Crippen molar-refractivity contribution in [3.63, 3.8) is 0 Å². The maximum absolute atomic E-state index is 12.4. The molecule has 0 aliphatic rings. The predicted molar refractivity (Wildman–Crippen MR) is 101 cm³/mol. The normalized spacial score (nSPS) is 10.4. The van der Waals surface area contributed by atoms with E-state index in [9.17, 15) is 14.9 Å². The molecule has 0 radical (unpaired) electrons. The van der Waals surface area contributed by atoms with Gasteiger partial charge in [0, 0.05) is 41.7 Å². The molecule has 0 unspecified atom stereocenters. The van der Waals surface area contributed by atoms with Crippen LogP contribution in [-0.2, 0) is 7.05 Å². The monoisotopic (exact) mass is 384 g/mol. The van der Waals surface area contributed by atoms with E-state index in [4.69, 9.17) is 4.74 Å². The highest BCUT2D eigenvalue weighted by Crippen LogP contribution is 2.29. The fourth-order valence-corrected chi connectivity index (χ4v) is 3.14. The largest absolute Gasteiger partial charge is 0.490 e. The number of benzene rings is 2. The van der Waals surface area contributed by atoms with E-state index in [2.05, 4.69) is 10.3 Å². The molecular weight excluding hydrogens is 368 g/mol. The second-order valence-electron chi connectivity index (χ2n) is 5.55. The molecule has 0 atom stereocenters. The summed E-state index contributed by atoms with van der Waals surface area (Å²) in [4.78, 5) is 28.1. The molecule has 0 fully saturated rings. The number of nitrogens with one attached hydrogen (secondary N) is 1. The number of anilines is 1. The van der Waals surface area contributed by atoms with Gasteiger partial charge in [-0.3, -0.25) is 14.9 Å². The molecule has 0 aliphatic heterocycles. The van der Waals surface area contributed by atoms with Gasteiger partial charge in [0.25, 0.3) is 5.91 Å². The second kappa shape index (κ2) is 7.92. The summed E-state index contributed by atoms with van der Waals surface area (Å²) < 4.78 is 6.86. The molecule has 1 aromatic heterocycles. The van der Waals surface area contributed by atoms with Crippen LogP contribution >= 0.6 is 11.8 Å². The molecule has 1 N–H and O–H groups in total. The van der Waals surface area contributed by atoms with Gasteiger partial charge < -0.3 is 14.6 Å². The summed E-state index contributed by atoms with van der Waals surface area (Å²) in [5.41, 5.74) is 0.503. The van der Waals surface area contributed by atoms with Gasteiger partial charge in [-0.1, -0.05) is 11.8 Å². The van der Waals surface area contributed by atoms with Crippen molar-refractivity contribution in [2.24, 2.45) is 7.05 Å². The van der Waals surface area contributed by atoms with E-state index >= 15 is 0 Å². The number of rotatable bonds is 6. The van der Waals surface area contributed by atoms with E-state index in [0.29, 0.717) is 5.69 Å². The standard InChI is InChI=1S/C18H16N4O4S/c1-21-10-9-19-18(21)27-14-6-4-13(5-7-14)20-17(23)12-3-8-16(26-2)15(11-12)22(24)25/h3-11H,1-2H3,(H,20,23). The zero-order valence-corrected chi connectivity index (χ0v) is 15.4. The Morgan fingerprint density at radius 2 is 2.00 bits per heavy atom. The lowest BCUT2D eigenvalue weighted by Crippen LogP contribution is -2.12. The van der Waals surface area contributed by atoms with Gasteiger partial charge in [0.05, 0.1) is 12.0 Å². The van der Waals surface area contributed by atoms with Crippen molar-refractivity contribution in [1.29, 1.82) is 0 Å². The topological polar surface area (TPSA) is 99.3 Å². The number of nitro groups is 1. The highest BCUT2D eigenvalue weighted by Gasteiger charge is 2.18. The fourth-order valence-electron chi connectivity index (χ4n) is 2.34. The van der Waals surface area contributed by atoms with Crippen molar-refractivity contribution in [3.05, 3.63) is 70.5 Å². The molecule has 138 valence electrons. The first-order chi connectivity index (χ1) is 13.0.